The Morgan fingerprint density at radius 1 is 1.20 bits per heavy atom. The summed E-state index contributed by atoms with van der Waals surface area (Å²) in [5.41, 5.74) is 1.84. The van der Waals surface area contributed by atoms with Gasteiger partial charge >= 0.3 is 0 Å². The molecule has 7 heteroatoms. The standard InChI is InChI=1S/C23H24N4O3/c1-17(19-8-4-2-5-9-19)25-23(28)20(16-24)14-18-10-11-21(22(15-18)27(29)30)26-12-6-3-7-13-26/h2,4-5,8-11,14-15,17H,3,6-7,12-13H2,1H3,(H,25,28)/b20-14-/t17-/m1/s1. The van der Waals surface area contributed by atoms with Gasteiger partial charge in [0, 0.05) is 19.2 Å². The predicted molar refractivity (Wildman–Crippen MR) is 116 cm³/mol. The van der Waals surface area contributed by atoms with Gasteiger partial charge in [-0.1, -0.05) is 36.4 Å². The van der Waals surface area contributed by atoms with Gasteiger partial charge in [0.2, 0.25) is 0 Å². The molecule has 0 aromatic heterocycles. The number of nitriles is 1. The Kier molecular flexibility index (Phi) is 6.81. The quantitative estimate of drug-likeness (QED) is 0.334. The normalized spacial score (nSPS) is 15.2. The van der Waals surface area contributed by atoms with Crippen LogP contribution in [0.15, 0.2) is 54.1 Å². The number of piperidine rings is 1. The zero-order valence-electron chi connectivity index (χ0n) is 16.9. The zero-order chi connectivity index (χ0) is 21.5. The molecule has 1 heterocycles. The van der Waals surface area contributed by atoms with Crippen molar-refractivity contribution in [1.82, 2.24) is 5.32 Å². The number of nitro groups is 1. The highest BCUT2D eigenvalue weighted by Gasteiger charge is 2.22. The van der Waals surface area contributed by atoms with Crippen molar-refractivity contribution in [2.45, 2.75) is 32.2 Å². The molecule has 1 aliphatic rings. The van der Waals surface area contributed by atoms with Gasteiger partial charge in [-0.2, -0.15) is 5.26 Å². The van der Waals surface area contributed by atoms with Crippen LogP contribution in [0.1, 0.15) is 43.4 Å². The maximum atomic E-state index is 12.6. The first-order valence-corrected chi connectivity index (χ1v) is 10.0. The highest BCUT2D eigenvalue weighted by atomic mass is 16.6. The first-order valence-electron chi connectivity index (χ1n) is 10.0. The van der Waals surface area contributed by atoms with Crippen molar-refractivity contribution >= 4 is 23.4 Å². The van der Waals surface area contributed by atoms with Crippen LogP contribution in [0, 0.1) is 21.4 Å². The molecule has 1 fully saturated rings. The fourth-order valence-corrected chi connectivity index (χ4v) is 3.59. The first-order chi connectivity index (χ1) is 14.5. The van der Waals surface area contributed by atoms with Gasteiger partial charge in [0.15, 0.2) is 0 Å². The third-order valence-electron chi connectivity index (χ3n) is 5.22. The minimum absolute atomic E-state index is 0.0130. The summed E-state index contributed by atoms with van der Waals surface area (Å²) in [7, 11) is 0. The molecule has 0 saturated carbocycles. The predicted octanol–water partition coefficient (Wildman–Crippen LogP) is 4.37. The number of anilines is 1. The smallest absolute Gasteiger partial charge is 0.293 e. The van der Waals surface area contributed by atoms with Gasteiger partial charge in [0.05, 0.1) is 11.0 Å². The number of amides is 1. The van der Waals surface area contributed by atoms with E-state index >= 15 is 0 Å². The van der Waals surface area contributed by atoms with E-state index in [2.05, 4.69) is 5.32 Å². The second kappa shape index (κ2) is 9.70. The molecule has 2 aromatic carbocycles. The molecule has 1 amide bonds. The van der Waals surface area contributed by atoms with Crippen LogP contribution >= 0.6 is 0 Å². The van der Waals surface area contributed by atoms with Crippen molar-refractivity contribution in [3.63, 3.8) is 0 Å². The fourth-order valence-electron chi connectivity index (χ4n) is 3.59. The number of carbonyl (C=O) groups excluding carboxylic acids is 1. The summed E-state index contributed by atoms with van der Waals surface area (Å²) in [5, 5.41) is 23.9. The molecule has 30 heavy (non-hydrogen) atoms. The van der Waals surface area contributed by atoms with Gasteiger partial charge in [0.1, 0.15) is 17.3 Å². The van der Waals surface area contributed by atoms with E-state index in [9.17, 15) is 20.2 Å². The first kappa shape index (κ1) is 21.1. The molecule has 0 bridgehead atoms. The molecule has 1 aliphatic heterocycles. The van der Waals surface area contributed by atoms with Gasteiger partial charge in [-0.05, 0) is 49.5 Å². The number of nitro benzene ring substituents is 1. The molecule has 1 atom stereocenters. The summed E-state index contributed by atoms with van der Waals surface area (Å²) in [6.07, 6.45) is 4.54. The van der Waals surface area contributed by atoms with E-state index in [1.165, 1.54) is 12.1 Å². The van der Waals surface area contributed by atoms with E-state index in [1.807, 2.05) is 48.2 Å². The highest BCUT2D eigenvalue weighted by molar-refractivity contribution is 6.02. The second-order valence-corrected chi connectivity index (χ2v) is 7.33. The van der Waals surface area contributed by atoms with Gasteiger partial charge in [0.25, 0.3) is 11.6 Å². The Balaban J connectivity index is 1.82. The molecule has 1 saturated heterocycles. The molecule has 0 spiro atoms. The minimum Gasteiger partial charge on any atom is -0.366 e. The number of hydrogen-bond donors (Lipinski definition) is 1. The molecule has 0 radical (unpaired) electrons. The maximum absolute atomic E-state index is 12.6. The number of hydrogen-bond acceptors (Lipinski definition) is 5. The lowest BCUT2D eigenvalue weighted by Gasteiger charge is -2.28. The third kappa shape index (κ3) is 5.03. The molecule has 154 valence electrons. The van der Waals surface area contributed by atoms with Crippen LogP contribution in [-0.2, 0) is 4.79 Å². The summed E-state index contributed by atoms with van der Waals surface area (Å²) in [5.74, 6) is -0.517. The lowest BCUT2D eigenvalue weighted by atomic mass is 10.1. The largest absolute Gasteiger partial charge is 0.366 e. The van der Waals surface area contributed by atoms with E-state index in [1.54, 1.807) is 12.1 Å². The van der Waals surface area contributed by atoms with Crippen molar-refractivity contribution in [2.75, 3.05) is 18.0 Å². The van der Waals surface area contributed by atoms with Gasteiger partial charge in [-0.25, -0.2) is 0 Å². The Morgan fingerprint density at radius 3 is 2.53 bits per heavy atom. The Hall–Kier alpha value is -3.66. The molecular formula is C23H24N4O3. The Morgan fingerprint density at radius 2 is 1.90 bits per heavy atom. The van der Waals surface area contributed by atoms with E-state index in [-0.39, 0.29) is 17.3 Å². The molecule has 2 aromatic rings. The number of nitrogens with one attached hydrogen (secondary N) is 1. The van der Waals surface area contributed by atoms with E-state index in [4.69, 9.17) is 0 Å². The summed E-state index contributed by atoms with van der Waals surface area (Å²) in [4.78, 5) is 25.8. The van der Waals surface area contributed by atoms with Crippen molar-refractivity contribution in [3.8, 4) is 6.07 Å². The van der Waals surface area contributed by atoms with Crippen molar-refractivity contribution < 1.29 is 9.72 Å². The molecule has 7 nitrogen and oxygen atoms in total. The third-order valence-corrected chi connectivity index (χ3v) is 5.22. The second-order valence-electron chi connectivity index (χ2n) is 7.33. The van der Waals surface area contributed by atoms with Crippen LogP contribution < -0.4 is 10.2 Å². The molecule has 3 rings (SSSR count). The lowest BCUT2D eigenvalue weighted by Crippen LogP contribution is -2.29. The summed E-state index contributed by atoms with van der Waals surface area (Å²) >= 11 is 0. The number of nitrogens with zero attached hydrogens (tertiary/aromatic N) is 3. The van der Waals surface area contributed by atoms with Crippen LogP contribution in [0.3, 0.4) is 0 Å². The summed E-state index contributed by atoms with van der Waals surface area (Å²) in [6, 6.07) is 15.9. The summed E-state index contributed by atoms with van der Waals surface area (Å²) in [6.45, 7) is 3.42. The van der Waals surface area contributed by atoms with Crippen LogP contribution in [0.25, 0.3) is 6.08 Å². The van der Waals surface area contributed by atoms with Crippen molar-refractivity contribution in [3.05, 3.63) is 75.3 Å². The van der Waals surface area contributed by atoms with E-state index < -0.39 is 10.8 Å². The molecule has 1 N–H and O–H groups in total. The van der Waals surface area contributed by atoms with Gasteiger partial charge in [-0.3, -0.25) is 14.9 Å². The zero-order valence-corrected chi connectivity index (χ0v) is 16.9. The SMILES string of the molecule is C[C@@H](NC(=O)/C(C#N)=C\c1ccc(N2CCCCC2)c([N+](=O)[O-])c1)c1ccccc1. The van der Waals surface area contributed by atoms with Crippen molar-refractivity contribution in [2.24, 2.45) is 0 Å². The number of benzene rings is 2. The monoisotopic (exact) mass is 404 g/mol. The van der Waals surface area contributed by atoms with E-state index in [0.29, 0.717) is 11.3 Å². The summed E-state index contributed by atoms with van der Waals surface area (Å²) < 4.78 is 0. The molecule has 0 aliphatic carbocycles. The molecule has 0 unspecified atom stereocenters. The molecular weight excluding hydrogens is 380 g/mol. The van der Waals surface area contributed by atoms with Crippen LogP contribution in [0.4, 0.5) is 11.4 Å². The van der Waals surface area contributed by atoms with Crippen molar-refractivity contribution in [1.29, 1.82) is 5.26 Å². The van der Waals surface area contributed by atoms with E-state index in [0.717, 1.165) is 37.9 Å². The van der Waals surface area contributed by atoms with Crippen LogP contribution in [-0.4, -0.2) is 23.9 Å². The number of carbonyl (C=O) groups is 1. The topological polar surface area (TPSA) is 99.3 Å². The Bertz CT molecular complexity index is 989. The fraction of sp³-hybridized carbons (Fsp3) is 0.304. The van der Waals surface area contributed by atoms with Gasteiger partial charge < -0.3 is 10.2 Å². The maximum Gasteiger partial charge on any atom is 0.293 e. The highest BCUT2D eigenvalue weighted by Crippen LogP contribution is 2.32. The van der Waals surface area contributed by atoms with Crippen LogP contribution in [0.5, 0.6) is 0 Å². The average Bonchev–Trinajstić information content (AvgIpc) is 2.78. The van der Waals surface area contributed by atoms with Crippen LogP contribution in [0.2, 0.25) is 0 Å². The number of rotatable bonds is 6. The van der Waals surface area contributed by atoms with Gasteiger partial charge in [-0.15, -0.1) is 0 Å². The average molecular weight is 404 g/mol. The Labute approximate surface area is 175 Å². The lowest BCUT2D eigenvalue weighted by molar-refractivity contribution is -0.384. The minimum atomic E-state index is -0.517.